The highest BCUT2D eigenvalue weighted by atomic mass is 32.1. The molecule has 8 nitrogen and oxygen atoms in total. The third kappa shape index (κ3) is 6.89. The van der Waals surface area contributed by atoms with Crippen LogP contribution in [0.2, 0.25) is 0 Å². The third-order valence-electron chi connectivity index (χ3n) is 6.02. The summed E-state index contributed by atoms with van der Waals surface area (Å²) in [6.07, 6.45) is 0.684. The predicted molar refractivity (Wildman–Crippen MR) is 145 cm³/mol. The Morgan fingerprint density at radius 2 is 1.76 bits per heavy atom. The van der Waals surface area contributed by atoms with Gasteiger partial charge in [-0.3, -0.25) is 19.3 Å². The maximum atomic E-state index is 13.9. The summed E-state index contributed by atoms with van der Waals surface area (Å²) in [6.45, 7) is 5.50. The van der Waals surface area contributed by atoms with Gasteiger partial charge in [-0.1, -0.05) is 37.3 Å². The molecule has 0 aliphatic carbocycles. The summed E-state index contributed by atoms with van der Waals surface area (Å²) in [6, 6.07) is 16.4. The molecule has 0 spiro atoms. The van der Waals surface area contributed by atoms with E-state index in [2.05, 4.69) is 10.6 Å². The van der Waals surface area contributed by atoms with Crippen LogP contribution in [-0.4, -0.2) is 44.0 Å². The van der Waals surface area contributed by atoms with E-state index < -0.39 is 17.5 Å². The molecular formula is C28H33N3O5S. The minimum Gasteiger partial charge on any atom is -0.497 e. The third-order valence-corrected chi connectivity index (χ3v) is 6.89. The molecule has 0 saturated heterocycles. The Balaban J connectivity index is 2.10. The van der Waals surface area contributed by atoms with E-state index in [1.54, 1.807) is 66.0 Å². The Hall–Kier alpha value is -3.85. The number of carbonyl (C=O) groups is 3. The Bertz CT molecular complexity index is 1230. The standard InChI is InChI=1S/C28H33N3O5S/c1-6-28(2,3)30-27(34)25(19-11-9-12-20(17-19)35-4)31(21-13-7-8-14-22(21)36-5)24(32)18-29-26(33)23-15-10-16-37-23/h7-17,25H,6,18H2,1-5H3,(H,29,33)(H,30,34). The number of para-hydroxylation sites is 2. The lowest BCUT2D eigenvalue weighted by Gasteiger charge is -2.35. The Morgan fingerprint density at radius 1 is 1.00 bits per heavy atom. The topological polar surface area (TPSA) is 97.0 Å². The fraction of sp³-hybridized carbons (Fsp3) is 0.321. The lowest BCUT2D eigenvalue weighted by Crippen LogP contribution is -2.52. The number of anilines is 1. The largest absolute Gasteiger partial charge is 0.497 e. The van der Waals surface area contributed by atoms with Crippen LogP contribution in [0.3, 0.4) is 0 Å². The van der Waals surface area contributed by atoms with Gasteiger partial charge in [0.25, 0.3) is 5.91 Å². The maximum Gasteiger partial charge on any atom is 0.261 e. The number of methoxy groups -OCH3 is 2. The molecule has 196 valence electrons. The van der Waals surface area contributed by atoms with E-state index in [9.17, 15) is 14.4 Å². The fourth-order valence-electron chi connectivity index (χ4n) is 3.70. The van der Waals surface area contributed by atoms with Gasteiger partial charge in [-0.2, -0.15) is 0 Å². The summed E-state index contributed by atoms with van der Waals surface area (Å²) in [7, 11) is 3.04. The summed E-state index contributed by atoms with van der Waals surface area (Å²) < 4.78 is 11.0. The highest BCUT2D eigenvalue weighted by molar-refractivity contribution is 7.12. The first-order valence-electron chi connectivity index (χ1n) is 11.9. The molecule has 0 bridgehead atoms. The van der Waals surface area contributed by atoms with Gasteiger partial charge in [-0.15, -0.1) is 11.3 Å². The van der Waals surface area contributed by atoms with Crippen molar-refractivity contribution < 1.29 is 23.9 Å². The average Bonchev–Trinajstić information content (AvgIpc) is 3.45. The molecule has 0 saturated carbocycles. The zero-order valence-corrected chi connectivity index (χ0v) is 22.6. The lowest BCUT2D eigenvalue weighted by molar-refractivity contribution is -0.127. The normalized spacial score (nSPS) is 11.8. The van der Waals surface area contributed by atoms with E-state index >= 15 is 0 Å². The second-order valence-electron chi connectivity index (χ2n) is 9.00. The zero-order valence-electron chi connectivity index (χ0n) is 21.7. The van der Waals surface area contributed by atoms with Crippen molar-refractivity contribution in [3.05, 3.63) is 76.5 Å². The Labute approximate surface area is 221 Å². The van der Waals surface area contributed by atoms with Crippen LogP contribution in [0.25, 0.3) is 0 Å². The van der Waals surface area contributed by atoms with Crippen LogP contribution in [-0.2, 0) is 9.59 Å². The van der Waals surface area contributed by atoms with Crippen LogP contribution in [0.4, 0.5) is 5.69 Å². The van der Waals surface area contributed by atoms with E-state index in [1.165, 1.54) is 30.5 Å². The molecule has 1 aromatic heterocycles. The molecule has 3 aromatic rings. The van der Waals surface area contributed by atoms with Gasteiger partial charge < -0.3 is 20.1 Å². The van der Waals surface area contributed by atoms with Gasteiger partial charge in [0, 0.05) is 5.54 Å². The zero-order chi connectivity index (χ0) is 27.0. The maximum absolute atomic E-state index is 13.9. The minimum absolute atomic E-state index is 0.320. The second-order valence-corrected chi connectivity index (χ2v) is 9.95. The van der Waals surface area contributed by atoms with Crippen molar-refractivity contribution in [1.82, 2.24) is 10.6 Å². The smallest absolute Gasteiger partial charge is 0.261 e. The molecule has 0 aliphatic heterocycles. The molecule has 3 amide bonds. The first-order valence-corrected chi connectivity index (χ1v) is 12.8. The van der Waals surface area contributed by atoms with E-state index in [4.69, 9.17) is 9.47 Å². The number of rotatable bonds is 11. The summed E-state index contributed by atoms with van der Waals surface area (Å²) in [5, 5.41) is 7.54. The van der Waals surface area contributed by atoms with Crippen LogP contribution in [0.15, 0.2) is 66.0 Å². The van der Waals surface area contributed by atoms with Gasteiger partial charge in [0.15, 0.2) is 0 Å². The van der Waals surface area contributed by atoms with E-state index in [0.717, 1.165) is 0 Å². The van der Waals surface area contributed by atoms with Crippen LogP contribution >= 0.6 is 11.3 Å². The molecule has 1 atom stereocenters. The van der Waals surface area contributed by atoms with Crippen molar-refractivity contribution in [3.8, 4) is 11.5 Å². The van der Waals surface area contributed by atoms with Crippen LogP contribution in [0.1, 0.15) is 48.5 Å². The number of benzene rings is 2. The SMILES string of the molecule is CCC(C)(C)NC(=O)C(c1cccc(OC)c1)N(C(=O)CNC(=O)c1cccs1)c1ccccc1OC. The number of nitrogens with one attached hydrogen (secondary N) is 2. The molecule has 0 fully saturated rings. The quantitative estimate of drug-likeness (QED) is 0.384. The fourth-order valence-corrected chi connectivity index (χ4v) is 4.34. The predicted octanol–water partition coefficient (Wildman–Crippen LogP) is 4.57. The Kier molecular flexibility index (Phi) is 9.30. The van der Waals surface area contributed by atoms with Crippen molar-refractivity contribution in [2.24, 2.45) is 0 Å². The van der Waals surface area contributed by atoms with Crippen molar-refractivity contribution in [2.75, 3.05) is 25.7 Å². The second kappa shape index (κ2) is 12.4. The molecular weight excluding hydrogens is 490 g/mol. The molecule has 9 heteroatoms. The molecule has 37 heavy (non-hydrogen) atoms. The van der Waals surface area contributed by atoms with Crippen molar-refractivity contribution in [1.29, 1.82) is 0 Å². The van der Waals surface area contributed by atoms with Gasteiger partial charge >= 0.3 is 0 Å². The van der Waals surface area contributed by atoms with E-state index in [0.29, 0.717) is 34.0 Å². The first-order chi connectivity index (χ1) is 17.7. The average molecular weight is 524 g/mol. The van der Waals surface area contributed by atoms with Crippen LogP contribution in [0, 0.1) is 0 Å². The van der Waals surface area contributed by atoms with Gasteiger partial charge in [0.05, 0.1) is 31.3 Å². The highest BCUT2D eigenvalue weighted by Gasteiger charge is 2.36. The summed E-state index contributed by atoms with van der Waals surface area (Å²) in [5.41, 5.74) is 0.433. The van der Waals surface area contributed by atoms with Gasteiger partial charge in [0.1, 0.15) is 17.5 Å². The van der Waals surface area contributed by atoms with Crippen molar-refractivity contribution >= 4 is 34.7 Å². The number of thiophene rings is 1. The number of ether oxygens (including phenoxy) is 2. The van der Waals surface area contributed by atoms with E-state index in [-0.39, 0.29) is 18.4 Å². The monoisotopic (exact) mass is 523 g/mol. The summed E-state index contributed by atoms with van der Waals surface area (Å²) in [5.74, 6) is -0.257. The molecule has 3 rings (SSSR count). The van der Waals surface area contributed by atoms with Crippen molar-refractivity contribution in [3.63, 3.8) is 0 Å². The number of hydrogen-bond donors (Lipinski definition) is 2. The highest BCUT2D eigenvalue weighted by Crippen LogP contribution is 2.36. The Morgan fingerprint density at radius 3 is 2.41 bits per heavy atom. The lowest BCUT2D eigenvalue weighted by atomic mass is 9.98. The number of hydrogen-bond acceptors (Lipinski definition) is 6. The van der Waals surface area contributed by atoms with Gasteiger partial charge in [-0.25, -0.2) is 0 Å². The molecule has 0 radical (unpaired) electrons. The molecule has 0 aliphatic rings. The van der Waals surface area contributed by atoms with E-state index in [1.807, 2.05) is 20.8 Å². The first kappa shape index (κ1) is 27.7. The molecule has 1 heterocycles. The molecule has 2 N–H and O–H groups in total. The molecule has 2 aromatic carbocycles. The minimum atomic E-state index is -1.07. The van der Waals surface area contributed by atoms with Gasteiger partial charge in [-0.05, 0) is 61.5 Å². The molecule has 1 unspecified atom stereocenters. The van der Waals surface area contributed by atoms with Crippen molar-refractivity contribution in [2.45, 2.75) is 38.8 Å². The summed E-state index contributed by atoms with van der Waals surface area (Å²) in [4.78, 5) is 42.2. The number of amides is 3. The van der Waals surface area contributed by atoms with Crippen LogP contribution in [0.5, 0.6) is 11.5 Å². The number of nitrogens with zero attached hydrogens (tertiary/aromatic N) is 1. The van der Waals surface area contributed by atoms with Crippen LogP contribution < -0.4 is 25.0 Å². The summed E-state index contributed by atoms with van der Waals surface area (Å²) >= 11 is 1.28. The number of carbonyl (C=O) groups excluding carboxylic acids is 3. The van der Waals surface area contributed by atoms with Gasteiger partial charge in [0.2, 0.25) is 11.8 Å².